The lowest BCUT2D eigenvalue weighted by atomic mass is 10.0. The van der Waals surface area contributed by atoms with Crippen LogP contribution < -0.4 is 14.5 Å². The molecule has 0 atom stereocenters. The van der Waals surface area contributed by atoms with Crippen molar-refractivity contribution in [2.45, 2.75) is 32.0 Å². The average molecular weight is 473 g/mol. The largest absolute Gasteiger partial charge is 0.459 e. The van der Waals surface area contributed by atoms with Gasteiger partial charge in [-0.05, 0) is 75.0 Å². The Labute approximate surface area is 193 Å². The first-order chi connectivity index (χ1) is 15.5. The first-order valence-corrected chi connectivity index (χ1v) is 10.3. The number of nitriles is 1. The molecule has 10 heteroatoms. The van der Waals surface area contributed by atoms with Crippen LogP contribution in [0.3, 0.4) is 0 Å². The highest BCUT2D eigenvalue weighted by molar-refractivity contribution is 7.81. The van der Waals surface area contributed by atoms with Crippen molar-refractivity contribution in [1.29, 1.82) is 5.26 Å². The van der Waals surface area contributed by atoms with Crippen LogP contribution in [0, 0.1) is 11.3 Å². The lowest BCUT2D eigenvalue weighted by Gasteiger charge is -2.30. The normalized spacial score (nSPS) is 17.4. The van der Waals surface area contributed by atoms with Crippen molar-refractivity contribution in [2.75, 3.05) is 16.4 Å². The second kappa shape index (κ2) is 7.86. The van der Waals surface area contributed by atoms with E-state index >= 15 is 0 Å². The molecule has 2 aromatic rings. The van der Waals surface area contributed by atoms with E-state index in [1.165, 1.54) is 12.1 Å². The van der Waals surface area contributed by atoms with Crippen LogP contribution in [0.1, 0.15) is 30.5 Å². The number of anilines is 2. The Hall–Kier alpha value is -3.42. The number of aliphatic hydroxyl groups excluding tert-OH is 1. The fourth-order valence-corrected chi connectivity index (χ4v) is 4.45. The third-order valence-electron chi connectivity index (χ3n) is 5.60. The predicted molar refractivity (Wildman–Crippen MR) is 119 cm³/mol. The number of hydrogen-bond acceptors (Lipinski definition) is 5. The van der Waals surface area contributed by atoms with E-state index in [2.05, 4.69) is 0 Å². The van der Waals surface area contributed by atoms with Crippen LogP contribution >= 0.6 is 12.2 Å². The average Bonchev–Trinajstić information content (AvgIpc) is 2.95. The summed E-state index contributed by atoms with van der Waals surface area (Å²) in [5, 5.41) is 18.3. The second-order valence-electron chi connectivity index (χ2n) is 8.08. The zero-order valence-corrected chi connectivity index (χ0v) is 18.4. The molecule has 0 saturated carbocycles. The number of alkyl halides is 3. The van der Waals surface area contributed by atoms with Crippen molar-refractivity contribution >= 4 is 34.6 Å². The zero-order chi connectivity index (χ0) is 24.1. The van der Waals surface area contributed by atoms with Gasteiger partial charge in [-0.25, -0.2) is 0 Å². The maximum absolute atomic E-state index is 13.5. The van der Waals surface area contributed by atoms with Crippen molar-refractivity contribution in [1.82, 2.24) is 0 Å². The number of fused-ring (bicyclic) bond motifs is 1. The summed E-state index contributed by atoms with van der Waals surface area (Å²) < 4.78 is 46.0. The quantitative estimate of drug-likeness (QED) is 0.670. The highest BCUT2D eigenvalue weighted by Crippen LogP contribution is 2.41. The van der Waals surface area contributed by atoms with Crippen LogP contribution in [0.15, 0.2) is 48.2 Å². The van der Waals surface area contributed by atoms with Crippen LogP contribution in [-0.4, -0.2) is 28.3 Å². The summed E-state index contributed by atoms with van der Waals surface area (Å²) in [6.45, 7) is 3.05. The molecular weight excluding hydrogens is 455 g/mol. The van der Waals surface area contributed by atoms with Gasteiger partial charge in [0.05, 0.1) is 22.9 Å². The van der Waals surface area contributed by atoms with Gasteiger partial charge in [0, 0.05) is 11.3 Å². The van der Waals surface area contributed by atoms with Gasteiger partial charge in [-0.1, -0.05) is 0 Å². The molecule has 2 heterocycles. The second-order valence-corrected chi connectivity index (χ2v) is 8.45. The molecule has 4 rings (SSSR count). The third kappa shape index (κ3) is 3.73. The molecule has 2 aliphatic heterocycles. The van der Waals surface area contributed by atoms with Gasteiger partial charge in [0.15, 0.2) is 5.11 Å². The predicted octanol–water partition coefficient (Wildman–Crippen LogP) is 4.30. The van der Waals surface area contributed by atoms with E-state index < -0.39 is 28.7 Å². The maximum atomic E-state index is 13.5. The van der Waals surface area contributed by atoms with E-state index in [9.17, 15) is 23.1 Å². The molecule has 33 heavy (non-hydrogen) atoms. The minimum absolute atomic E-state index is 0.0195. The number of amides is 1. The Morgan fingerprint density at radius 2 is 1.91 bits per heavy atom. The fraction of sp³-hybridized carbons (Fsp3) is 0.261. The van der Waals surface area contributed by atoms with Crippen LogP contribution in [0.4, 0.5) is 24.5 Å². The van der Waals surface area contributed by atoms with Crippen LogP contribution in [-0.2, 0) is 17.4 Å². The summed E-state index contributed by atoms with van der Waals surface area (Å²) in [5.74, 6) is 0.509. The number of aliphatic hydroxyl groups is 1. The molecule has 1 amide bonds. The van der Waals surface area contributed by atoms with E-state index in [-0.39, 0.29) is 17.4 Å². The van der Waals surface area contributed by atoms with E-state index in [4.69, 9.17) is 22.2 Å². The van der Waals surface area contributed by atoms with E-state index in [0.717, 1.165) is 22.6 Å². The molecule has 6 nitrogen and oxygen atoms in total. The van der Waals surface area contributed by atoms with Gasteiger partial charge in [-0.15, -0.1) is 0 Å². The maximum Gasteiger partial charge on any atom is 0.417 e. The Morgan fingerprint density at radius 1 is 1.21 bits per heavy atom. The monoisotopic (exact) mass is 473 g/mol. The van der Waals surface area contributed by atoms with Gasteiger partial charge < -0.3 is 14.7 Å². The zero-order valence-electron chi connectivity index (χ0n) is 17.6. The molecule has 1 saturated heterocycles. The third-order valence-corrected chi connectivity index (χ3v) is 5.97. The van der Waals surface area contributed by atoms with Gasteiger partial charge in [0.1, 0.15) is 23.7 Å². The summed E-state index contributed by atoms with van der Waals surface area (Å²) >= 11 is 5.55. The van der Waals surface area contributed by atoms with Gasteiger partial charge in [-0.3, -0.25) is 9.69 Å². The molecule has 0 aliphatic carbocycles. The number of benzene rings is 2. The molecule has 0 aromatic heterocycles. The lowest BCUT2D eigenvalue weighted by Crippen LogP contribution is -2.44. The van der Waals surface area contributed by atoms with Gasteiger partial charge in [0.25, 0.3) is 5.91 Å². The lowest BCUT2D eigenvalue weighted by molar-refractivity contribution is -0.137. The number of allylic oxidation sites excluding steroid dienone is 1. The summed E-state index contributed by atoms with van der Waals surface area (Å²) in [6, 6.07) is 9.80. The van der Waals surface area contributed by atoms with Crippen molar-refractivity contribution in [2.24, 2.45) is 0 Å². The van der Waals surface area contributed by atoms with Crippen molar-refractivity contribution < 1.29 is 27.8 Å². The molecule has 2 aromatic carbocycles. The number of thiocarbonyl (C=S) groups is 1. The summed E-state index contributed by atoms with van der Waals surface area (Å²) in [5.41, 5.74) is -1.53. The fourth-order valence-electron chi connectivity index (χ4n) is 3.93. The topological polar surface area (TPSA) is 76.8 Å². The Morgan fingerprint density at radius 3 is 2.55 bits per heavy atom. The Bertz CT molecular complexity index is 1250. The molecular formula is C23H18F3N3O3S. The summed E-state index contributed by atoms with van der Waals surface area (Å²) in [7, 11) is 0. The van der Waals surface area contributed by atoms with Crippen LogP contribution in [0.5, 0.6) is 5.75 Å². The summed E-state index contributed by atoms with van der Waals surface area (Å²) in [6.07, 6.45) is -2.52. The molecule has 1 N–H and O–H groups in total. The highest BCUT2D eigenvalue weighted by Gasteiger charge is 2.50. The Kier molecular flexibility index (Phi) is 5.42. The molecule has 1 fully saturated rings. The minimum Gasteiger partial charge on any atom is -0.459 e. The highest BCUT2D eigenvalue weighted by atomic mass is 32.1. The number of rotatable bonds is 3. The smallest absolute Gasteiger partial charge is 0.417 e. The van der Waals surface area contributed by atoms with Gasteiger partial charge >= 0.3 is 6.18 Å². The van der Waals surface area contributed by atoms with E-state index in [0.29, 0.717) is 23.6 Å². The van der Waals surface area contributed by atoms with Crippen molar-refractivity contribution in [3.05, 3.63) is 64.9 Å². The molecule has 0 bridgehead atoms. The standard InChI is InChI=1S/C23H18F3N3O3S/c1-22(2)20(31)28(15-5-3-14(11-27)18(10-15)23(24,25)26)21(33)29(22)16-6-8-19-13(9-16)4-7-17(12-30)32-19/h3,5-10,30H,4,12H2,1-2H3. The van der Waals surface area contributed by atoms with Crippen LogP contribution in [0.2, 0.25) is 0 Å². The number of halogens is 3. The minimum atomic E-state index is -4.76. The van der Waals surface area contributed by atoms with Gasteiger partial charge in [-0.2, -0.15) is 18.4 Å². The molecule has 2 aliphatic rings. The number of ether oxygens (including phenoxy) is 1. The van der Waals surface area contributed by atoms with Gasteiger partial charge in [0.2, 0.25) is 0 Å². The number of carbonyl (C=O) groups is 1. The first-order valence-electron chi connectivity index (χ1n) is 9.90. The number of carbonyl (C=O) groups excluding carboxylic acids is 1. The number of nitrogens with zero attached hydrogens (tertiary/aromatic N) is 3. The van der Waals surface area contributed by atoms with E-state index in [1.807, 2.05) is 0 Å². The van der Waals surface area contributed by atoms with Crippen molar-refractivity contribution in [3.63, 3.8) is 0 Å². The Balaban J connectivity index is 1.75. The first kappa shape index (κ1) is 22.8. The summed E-state index contributed by atoms with van der Waals surface area (Å²) in [4.78, 5) is 15.9. The molecule has 0 radical (unpaired) electrons. The molecule has 170 valence electrons. The van der Waals surface area contributed by atoms with Crippen molar-refractivity contribution in [3.8, 4) is 11.8 Å². The molecule has 0 spiro atoms. The SMILES string of the molecule is CC1(C)C(=O)N(c2ccc(C#N)c(C(F)(F)F)c2)C(=S)N1c1ccc2c(c1)CC=C(CO)O2. The van der Waals surface area contributed by atoms with Crippen LogP contribution in [0.25, 0.3) is 0 Å². The molecule has 0 unspecified atom stereocenters. The van der Waals surface area contributed by atoms with E-state index in [1.54, 1.807) is 43.0 Å². The number of hydrogen-bond donors (Lipinski definition) is 1.